The topological polar surface area (TPSA) is 55.4 Å². The summed E-state index contributed by atoms with van der Waals surface area (Å²) >= 11 is 0. The first kappa shape index (κ1) is 14.3. The van der Waals surface area contributed by atoms with Crippen molar-refractivity contribution in [3.63, 3.8) is 0 Å². The summed E-state index contributed by atoms with van der Waals surface area (Å²) in [6, 6.07) is 5.07. The van der Waals surface area contributed by atoms with Gasteiger partial charge in [0.2, 0.25) is 10.0 Å². The zero-order chi connectivity index (χ0) is 13.7. The van der Waals surface area contributed by atoms with Gasteiger partial charge >= 0.3 is 0 Å². The molecule has 5 heteroatoms. The van der Waals surface area contributed by atoms with Crippen molar-refractivity contribution in [2.45, 2.75) is 43.9 Å². The molecule has 1 heterocycles. The van der Waals surface area contributed by atoms with Gasteiger partial charge in [0.1, 0.15) is 5.75 Å². The molecule has 2 rings (SSSR count). The summed E-state index contributed by atoms with van der Waals surface area (Å²) in [6.45, 7) is 3.29. The largest absolute Gasteiger partial charge is 0.493 e. The zero-order valence-corrected chi connectivity index (χ0v) is 12.1. The zero-order valence-electron chi connectivity index (χ0n) is 11.3. The fraction of sp³-hybridized carbons (Fsp3) is 0.571. The van der Waals surface area contributed by atoms with Crippen LogP contribution in [0.2, 0.25) is 0 Å². The quantitative estimate of drug-likeness (QED) is 0.782. The van der Waals surface area contributed by atoms with Gasteiger partial charge in [-0.05, 0) is 30.2 Å². The molecule has 1 aliphatic heterocycles. The van der Waals surface area contributed by atoms with Crippen LogP contribution in [-0.2, 0) is 16.4 Å². The van der Waals surface area contributed by atoms with Crippen LogP contribution >= 0.6 is 0 Å². The standard InChI is InChI=1S/C14H21NO3S/c1-2-3-4-5-9-15-19(16,17)13-6-7-14-12(11-13)8-10-18-14/h6-7,11,15H,2-5,8-10H2,1H3. The Kier molecular flexibility index (Phi) is 4.82. The molecule has 1 N–H and O–H groups in total. The predicted molar refractivity (Wildman–Crippen MR) is 75.0 cm³/mol. The molecule has 106 valence electrons. The fourth-order valence-corrected chi connectivity index (χ4v) is 3.30. The van der Waals surface area contributed by atoms with Crippen molar-refractivity contribution < 1.29 is 13.2 Å². The number of ether oxygens (including phenoxy) is 1. The van der Waals surface area contributed by atoms with E-state index >= 15 is 0 Å². The summed E-state index contributed by atoms with van der Waals surface area (Å²) in [6.07, 6.45) is 5.04. The molecule has 0 amide bonds. The van der Waals surface area contributed by atoms with E-state index in [1.165, 1.54) is 0 Å². The second-order valence-electron chi connectivity index (χ2n) is 4.83. The van der Waals surface area contributed by atoms with Crippen LogP contribution in [0.1, 0.15) is 38.2 Å². The van der Waals surface area contributed by atoms with Crippen LogP contribution in [0.5, 0.6) is 5.75 Å². The Morgan fingerprint density at radius 2 is 2.11 bits per heavy atom. The highest BCUT2D eigenvalue weighted by Gasteiger charge is 2.18. The molecular weight excluding hydrogens is 262 g/mol. The van der Waals surface area contributed by atoms with Crippen LogP contribution in [0.4, 0.5) is 0 Å². The van der Waals surface area contributed by atoms with Crippen LogP contribution < -0.4 is 9.46 Å². The summed E-state index contributed by atoms with van der Waals surface area (Å²) in [5.74, 6) is 0.807. The second kappa shape index (κ2) is 6.39. The molecule has 0 unspecified atom stereocenters. The van der Waals surface area contributed by atoms with E-state index in [9.17, 15) is 8.42 Å². The Balaban J connectivity index is 1.95. The number of nitrogens with one attached hydrogen (secondary N) is 1. The molecule has 0 atom stereocenters. The maximum Gasteiger partial charge on any atom is 0.240 e. The lowest BCUT2D eigenvalue weighted by Gasteiger charge is -2.08. The van der Waals surface area contributed by atoms with E-state index in [1.807, 2.05) is 0 Å². The van der Waals surface area contributed by atoms with E-state index in [4.69, 9.17) is 4.74 Å². The number of fused-ring (bicyclic) bond motifs is 1. The summed E-state index contributed by atoms with van der Waals surface area (Å²) in [5.41, 5.74) is 0.980. The van der Waals surface area contributed by atoms with E-state index in [2.05, 4.69) is 11.6 Å². The molecule has 1 aromatic carbocycles. The first-order chi connectivity index (χ1) is 9.13. The van der Waals surface area contributed by atoms with E-state index in [1.54, 1.807) is 18.2 Å². The molecule has 1 aliphatic rings. The number of hydrogen-bond acceptors (Lipinski definition) is 3. The smallest absolute Gasteiger partial charge is 0.240 e. The third-order valence-corrected chi connectivity index (χ3v) is 4.75. The van der Waals surface area contributed by atoms with Crippen molar-refractivity contribution in [1.82, 2.24) is 4.72 Å². The number of unbranched alkanes of at least 4 members (excludes halogenated alkanes) is 3. The molecule has 0 spiro atoms. The minimum atomic E-state index is -3.37. The lowest BCUT2D eigenvalue weighted by Crippen LogP contribution is -2.24. The molecule has 0 bridgehead atoms. The normalized spacial score (nSPS) is 14.2. The van der Waals surface area contributed by atoms with Crippen molar-refractivity contribution in [1.29, 1.82) is 0 Å². The fourth-order valence-electron chi connectivity index (χ4n) is 2.17. The molecule has 19 heavy (non-hydrogen) atoms. The van der Waals surface area contributed by atoms with Crippen LogP contribution in [0, 0.1) is 0 Å². The highest BCUT2D eigenvalue weighted by molar-refractivity contribution is 7.89. The average molecular weight is 283 g/mol. The number of hydrogen-bond donors (Lipinski definition) is 1. The molecule has 4 nitrogen and oxygen atoms in total. The number of benzene rings is 1. The third kappa shape index (κ3) is 3.70. The van der Waals surface area contributed by atoms with Gasteiger partial charge in [-0.15, -0.1) is 0 Å². The molecule has 0 fully saturated rings. The highest BCUT2D eigenvalue weighted by Crippen LogP contribution is 2.27. The van der Waals surface area contributed by atoms with Gasteiger partial charge in [0.25, 0.3) is 0 Å². The molecule has 0 saturated heterocycles. The molecule has 0 aliphatic carbocycles. The summed E-state index contributed by atoms with van der Waals surface area (Å²) in [5, 5.41) is 0. The van der Waals surface area contributed by atoms with Gasteiger partial charge in [-0.1, -0.05) is 26.2 Å². The van der Waals surface area contributed by atoms with Crippen LogP contribution in [-0.4, -0.2) is 21.6 Å². The van der Waals surface area contributed by atoms with Crippen molar-refractivity contribution in [2.24, 2.45) is 0 Å². The van der Waals surface area contributed by atoms with Gasteiger partial charge in [-0.25, -0.2) is 13.1 Å². The van der Waals surface area contributed by atoms with Crippen LogP contribution in [0.15, 0.2) is 23.1 Å². The maximum absolute atomic E-state index is 12.1. The molecule has 0 aromatic heterocycles. The lowest BCUT2D eigenvalue weighted by atomic mass is 10.2. The van der Waals surface area contributed by atoms with E-state index in [-0.39, 0.29) is 0 Å². The van der Waals surface area contributed by atoms with Crippen LogP contribution in [0.3, 0.4) is 0 Å². The van der Waals surface area contributed by atoms with E-state index < -0.39 is 10.0 Å². The Bertz CT molecular complexity index is 525. The second-order valence-corrected chi connectivity index (χ2v) is 6.59. The van der Waals surface area contributed by atoms with Gasteiger partial charge in [0, 0.05) is 13.0 Å². The summed E-state index contributed by atoms with van der Waals surface area (Å²) in [7, 11) is -3.37. The van der Waals surface area contributed by atoms with Gasteiger partial charge in [-0.2, -0.15) is 0 Å². The van der Waals surface area contributed by atoms with Gasteiger partial charge in [-0.3, -0.25) is 0 Å². The lowest BCUT2D eigenvalue weighted by molar-refractivity contribution is 0.356. The van der Waals surface area contributed by atoms with Gasteiger partial charge in [0.05, 0.1) is 11.5 Å². The SMILES string of the molecule is CCCCCCNS(=O)(=O)c1ccc2c(c1)CCO2. The first-order valence-electron chi connectivity index (χ1n) is 6.89. The van der Waals surface area contributed by atoms with Gasteiger partial charge in [0.15, 0.2) is 0 Å². The Labute approximate surface area is 115 Å². The monoisotopic (exact) mass is 283 g/mol. The van der Waals surface area contributed by atoms with Crippen molar-refractivity contribution in [3.8, 4) is 5.75 Å². The van der Waals surface area contributed by atoms with Crippen LogP contribution in [0.25, 0.3) is 0 Å². The minimum Gasteiger partial charge on any atom is -0.493 e. The third-order valence-electron chi connectivity index (χ3n) is 3.29. The highest BCUT2D eigenvalue weighted by atomic mass is 32.2. The van der Waals surface area contributed by atoms with E-state index in [0.717, 1.165) is 43.4 Å². The Morgan fingerprint density at radius 1 is 1.26 bits per heavy atom. The first-order valence-corrected chi connectivity index (χ1v) is 8.37. The summed E-state index contributed by atoms with van der Waals surface area (Å²) in [4.78, 5) is 0.340. The molecule has 0 saturated carbocycles. The molecule has 1 aromatic rings. The summed E-state index contributed by atoms with van der Waals surface area (Å²) < 4.78 is 32.3. The number of rotatable bonds is 7. The average Bonchev–Trinajstić information content (AvgIpc) is 2.85. The Hall–Kier alpha value is -1.07. The number of sulfonamides is 1. The molecule has 0 radical (unpaired) electrons. The van der Waals surface area contributed by atoms with Crippen molar-refractivity contribution in [2.75, 3.05) is 13.2 Å². The minimum absolute atomic E-state index is 0.340. The maximum atomic E-state index is 12.1. The Morgan fingerprint density at radius 3 is 2.89 bits per heavy atom. The van der Waals surface area contributed by atoms with Gasteiger partial charge < -0.3 is 4.74 Å². The molecular formula is C14H21NO3S. The van der Waals surface area contributed by atoms with Crippen molar-refractivity contribution in [3.05, 3.63) is 23.8 Å². The van der Waals surface area contributed by atoms with E-state index in [0.29, 0.717) is 18.0 Å². The predicted octanol–water partition coefficient (Wildman–Crippen LogP) is 2.48. The van der Waals surface area contributed by atoms with Crippen molar-refractivity contribution >= 4 is 10.0 Å².